The SMILES string of the molecule is COC(=O)COc1cccc2c1c1c(n2Cc2cccc(I)c2)CCC1C(N)=O. The van der Waals surface area contributed by atoms with Gasteiger partial charge in [0.1, 0.15) is 5.75 Å². The molecular weight excluding hydrogens is 483 g/mol. The van der Waals surface area contributed by atoms with Crippen LogP contribution in [0.3, 0.4) is 0 Å². The second-order valence-corrected chi connectivity index (χ2v) is 8.33. The summed E-state index contributed by atoms with van der Waals surface area (Å²) in [6, 6.07) is 14.1. The van der Waals surface area contributed by atoms with Gasteiger partial charge in [-0.1, -0.05) is 18.2 Å². The van der Waals surface area contributed by atoms with E-state index in [9.17, 15) is 9.59 Å². The van der Waals surface area contributed by atoms with E-state index in [1.807, 2.05) is 24.3 Å². The van der Waals surface area contributed by atoms with Gasteiger partial charge in [-0.15, -0.1) is 0 Å². The number of rotatable bonds is 6. The highest BCUT2D eigenvalue weighted by Crippen LogP contribution is 2.44. The number of ether oxygens (including phenoxy) is 2. The van der Waals surface area contributed by atoms with Gasteiger partial charge >= 0.3 is 5.97 Å². The molecule has 4 rings (SSSR count). The molecule has 0 radical (unpaired) electrons. The summed E-state index contributed by atoms with van der Waals surface area (Å²) in [7, 11) is 1.32. The molecule has 0 bridgehead atoms. The van der Waals surface area contributed by atoms with Gasteiger partial charge in [-0.3, -0.25) is 4.79 Å². The number of methoxy groups -OCH3 is 1. The van der Waals surface area contributed by atoms with Gasteiger partial charge in [0.05, 0.1) is 18.5 Å². The van der Waals surface area contributed by atoms with Crippen LogP contribution in [0.4, 0.5) is 0 Å². The van der Waals surface area contributed by atoms with Crippen molar-refractivity contribution in [1.82, 2.24) is 4.57 Å². The number of nitrogens with zero attached hydrogens (tertiary/aromatic N) is 1. The van der Waals surface area contributed by atoms with E-state index < -0.39 is 5.97 Å². The number of primary amides is 1. The smallest absolute Gasteiger partial charge is 0.343 e. The second kappa shape index (κ2) is 8.06. The summed E-state index contributed by atoms with van der Waals surface area (Å²) >= 11 is 2.31. The van der Waals surface area contributed by atoms with Gasteiger partial charge in [0.25, 0.3) is 0 Å². The predicted octanol–water partition coefficient (Wildman–Crippen LogP) is 3.36. The largest absolute Gasteiger partial charge is 0.481 e. The molecule has 1 atom stereocenters. The average molecular weight is 504 g/mol. The summed E-state index contributed by atoms with van der Waals surface area (Å²) in [6.07, 6.45) is 1.46. The lowest BCUT2D eigenvalue weighted by atomic mass is 9.99. The van der Waals surface area contributed by atoms with Crippen molar-refractivity contribution in [2.75, 3.05) is 13.7 Å². The Morgan fingerprint density at radius 3 is 2.76 bits per heavy atom. The van der Waals surface area contributed by atoms with Gasteiger partial charge < -0.3 is 19.8 Å². The van der Waals surface area contributed by atoms with Crippen LogP contribution < -0.4 is 10.5 Å². The summed E-state index contributed by atoms with van der Waals surface area (Å²) < 4.78 is 13.9. The maximum Gasteiger partial charge on any atom is 0.343 e. The van der Waals surface area contributed by atoms with E-state index in [1.165, 1.54) is 16.2 Å². The first-order valence-corrected chi connectivity index (χ1v) is 10.4. The summed E-state index contributed by atoms with van der Waals surface area (Å²) in [6.45, 7) is 0.502. The number of amides is 1. The van der Waals surface area contributed by atoms with Crippen molar-refractivity contribution in [2.45, 2.75) is 25.3 Å². The third kappa shape index (κ3) is 3.71. The molecule has 0 fully saturated rings. The van der Waals surface area contributed by atoms with E-state index >= 15 is 0 Å². The molecule has 1 heterocycles. The fourth-order valence-corrected chi connectivity index (χ4v) is 4.73. The monoisotopic (exact) mass is 504 g/mol. The molecule has 1 amide bonds. The first kappa shape index (κ1) is 19.8. The van der Waals surface area contributed by atoms with Crippen LogP contribution in [0.2, 0.25) is 0 Å². The Morgan fingerprint density at radius 1 is 1.24 bits per heavy atom. The van der Waals surface area contributed by atoms with Crippen molar-refractivity contribution in [3.8, 4) is 5.75 Å². The standard InChI is InChI=1S/C22H21IN2O4/c1-28-19(26)12-29-18-7-3-6-16-21(18)20-15(22(24)27)8-9-17(20)25(16)11-13-4-2-5-14(23)10-13/h2-7,10,15H,8-9,11-12H2,1H3,(H2,24,27). The van der Waals surface area contributed by atoms with Crippen LogP contribution in [0.15, 0.2) is 42.5 Å². The molecule has 2 aromatic carbocycles. The van der Waals surface area contributed by atoms with E-state index in [1.54, 1.807) is 0 Å². The molecule has 0 saturated carbocycles. The number of hydrogen-bond acceptors (Lipinski definition) is 4. The Hall–Kier alpha value is -2.55. The van der Waals surface area contributed by atoms with E-state index in [-0.39, 0.29) is 18.4 Å². The summed E-state index contributed by atoms with van der Waals surface area (Å²) in [5.41, 5.74) is 9.91. The zero-order valence-corrected chi connectivity index (χ0v) is 18.1. The van der Waals surface area contributed by atoms with Crippen LogP contribution >= 0.6 is 22.6 Å². The molecule has 3 aromatic rings. The lowest BCUT2D eigenvalue weighted by molar-refractivity contribution is -0.142. The second-order valence-electron chi connectivity index (χ2n) is 7.09. The molecule has 0 saturated heterocycles. The molecule has 6 nitrogen and oxygen atoms in total. The molecule has 1 aliphatic rings. The molecule has 0 spiro atoms. The summed E-state index contributed by atoms with van der Waals surface area (Å²) in [5, 5.41) is 0.860. The van der Waals surface area contributed by atoms with Crippen LogP contribution in [0.5, 0.6) is 5.75 Å². The molecule has 2 N–H and O–H groups in total. The van der Waals surface area contributed by atoms with Crippen molar-refractivity contribution >= 4 is 45.4 Å². The van der Waals surface area contributed by atoms with Gasteiger partial charge in [0.2, 0.25) is 5.91 Å². The maximum absolute atomic E-state index is 12.1. The number of benzene rings is 2. The lowest BCUT2D eigenvalue weighted by Gasteiger charge is -2.12. The molecule has 7 heteroatoms. The van der Waals surface area contributed by atoms with E-state index in [4.69, 9.17) is 10.5 Å². The molecule has 29 heavy (non-hydrogen) atoms. The first-order chi connectivity index (χ1) is 14.0. The highest BCUT2D eigenvalue weighted by Gasteiger charge is 2.34. The number of aromatic nitrogens is 1. The normalized spacial score (nSPS) is 15.3. The lowest BCUT2D eigenvalue weighted by Crippen LogP contribution is -2.19. The molecule has 0 aliphatic heterocycles. The van der Waals surface area contributed by atoms with Gasteiger partial charge in [-0.2, -0.15) is 0 Å². The average Bonchev–Trinajstić information content (AvgIpc) is 3.26. The van der Waals surface area contributed by atoms with Crippen LogP contribution in [-0.2, 0) is 27.3 Å². The van der Waals surface area contributed by atoms with Crippen LogP contribution in [0.1, 0.15) is 29.2 Å². The molecule has 1 aromatic heterocycles. The van der Waals surface area contributed by atoms with Crippen LogP contribution in [-0.4, -0.2) is 30.2 Å². The van der Waals surface area contributed by atoms with Gasteiger partial charge in [0.15, 0.2) is 6.61 Å². The topological polar surface area (TPSA) is 83.6 Å². The van der Waals surface area contributed by atoms with E-state index in [0.717, 1.165) is 28.6 Å². The predicted molar refractivity (Wildman–Crippen MR) is 118 cm³/mol. The molecule has 150 valence electrons. The van der Waals surface area contributed by atoms with Gasteiger partial charge in [-0.05, 0) is 70.8 Å². The number of carbonyl (C=O) groups excluding carboxylic acids is 2. The Kier molecular flexibility index (Phi) is 5.49. The minimum absolute atomic E-state index is 0.187. The maximum atomic E-state index is 12.1. The quantitative estimate of drug-likeness (QED) is 0.413. The highest BCUT2D eigenvalue weighted by molar-refractivity contribution is 14.1. The van der Waals surface area contributed by atoms with Crippen molar-refractivity contribution in [2.24, 2.45) is 5.73 Å². The van der Waals surface area contributed by atoms with Gasteiger partial charge in [-0.25, -0.2) is 4.79 Å². The fraction of sp³-hybridized carbons (Fsp3) is 0.273. The molecular formula is C22H21IN2O4. The van der Waals surface area contributed by atoms with Crippen molar-refractivity contribution in [3.05, 3.63) is 62.9 Å². The Labute approximate surface area is 182 Å². The zero-order valence-electron chi connectivity index (χ0n) is 16.0. The Balaban J connectivity index is 1.86. The van der Waals surface area contributed by atoms with Crippen molar-refractivity contribution in [3.63, 3.8) is 0 Å². The molecule has 1 aliphatic carbocycles. The van der Waals surface area contributed by atoms with E-state index in [0.29, 0.717) is 18.7 Å². The number of carbonyl (C=O) groups is 2. The van der Waals surface area contributed by atoms with Crippen molar-refractivity contribution in [1.29, 1.82) is 0 Å². The van der Waals surface area contributed by atoms with Crippen LogP contribution in [0.25, 0.3) is 10.9 Å². The highest BCUT2D eigenvalue weighted by atomic mass is 127. The molecule has 1 unspecified atom stereocenters. The minimum Gasteiger partial charge on any atom is -0.481 e. The third-order valence-corrected chi connectivity index (χ3v) is 6.04. The Bertz CT molecular complexity index is 1110. The number of fused-ring (bicyclic) bond motifs is 3. The number of hydrogen-bond donors (Lipinski definition) is 1. The summed E-state index contributed by atoms with van der Waals surface area (Å²) in [4.78, 5) is 23.7. The van der Waals surface area contributed by atoms with Gasteiger partial charge in [0, 0.05) is 21.2 Å². The Morgan fingerprint density at radius 2 is 2.03 bits per heavy atom. The first-order valence-electron chi connectivity index (χ1n) is 9.37. The summed E-state index contributed by atoms with van der Waals surface area (Å²) in [5.74, 6) is -0.575. The van der Waals surface area contributed by atoms with E-state index in [2.05, 4.69) is 50.1 Å². The number of halogens is 1. The zero-order chi connectivity index (χ0) is 20.5. The number of nitrogens with two attached hydrogens (primary N) is 1. The minimum atomic E-state index is -0.455. The fourth-order valence-electron chi connectivity index (χ4n) is 4.12. The third-order valence-electron chi connectivity index (χ3n) is 5.37. The number of esters is 1. The van der Waals surface area contributed by atoms with Crippen LogP contribution in [0, 0.1) is 3.57 Å². The van der Waals surface area contributed by atoms with Crippen molar-refractivity contribution < 1.29 is 19.1 Å².